The van der Waals surface area contributed by atoms with Crippen LogP contribution in [0.15, 0.2) is 47.3 Å². The van der Waals surface area contributed by atoms with E-state index in [0.717, 1.165) is 16.7 Å². The van der Waals surface area contributed by atoms with Crippen LogP contribution in [0, 0.1) is 26.6 Å². The predicted octanol–water partition coefficient (Wildman–Crippen LogP) is 5.11. The molecule has 0 unspecified atom stereocenters. The number of ether oxygens (including phenoxy) is 1. The molecule has 1 aromatic heterocycles. The number of hydrogen-bond donors (Lipinski definition) is 2. The average molecular weight is 426 g/mol. The summed E-state index contributed by atoms with van der Waals surface area (Å²) in [5.74, 6) is -0.747. The number of para-hydroxylation sites is 1. The third kappa shape index (κ3) is 5.12. The number of nitrogens with two attached hydrogens (primary N) is 1. The summed E-state index contributed by atoms with van der Waals surface area (Å²) in [6, 6.07) is 11.4. The molecule has 0 saturated carbocycles. The number of carbonyl (C=O) groups excluding carboxylic acids is 1. The Hall–Kier alpha value is -3.61. The Balaban J connectivity index is 0.00000166. The van der Waals surface area contributed by atoms with Crippen LogP contribution in [0.25, 0.3) is 0 Å². The van der Waals surface area contributed by atoms with Gasteiger partial charge in [-0.3, -0.25) is 14.2 Å². The third-order valence-corrected chi connectivity index (χ3v) is 4.65. The second-order valence-corrected chi connectivity index (χ2v) is 6.92. The molecule has 0 saturated heterocycles. The minimum absolute atomic E-state index is 0.00743. The van der Waals surface area contributed by atoms with Gasteiger partial charge in [0.2, 0.25) is 0 Å². The molecule has 164 valence electrons. The van der Waals surface area contributed by atoms with Gasteiger partial charge in [0.05, 0.1) is 5.69 Å². The highest BCUT2D eigenvalue weighted by molar-refractivity contribution is 6.01. The van der Waals surface area contributed by atoms with Crippen LogP contribution in [0.1, 0.15) is 40.9 Å². The number of nitrogens with one attached hydrogen (secondary N) is 1. The lowest BCUT2D eigenvalue weighted by atomic mass is 10.1. The van der Waals surface area contributed by atoms with Crippen molar-refractivity contribution in [3.05, 3.63) is 80.9 Å². The van der Waals surface area contributed by atoms with Crippen LogP contribution in [-0.2, 0) is 7.05 Å². The highest BCUT2D eigenvalue weighted by Crippen LogP contribution is 2.34. The van der Waals surface area contributed by atoms with E-state index in [4.69, 9.17) is 10.5 Å². The number of benzene rings is 2. The molecule has 0 atom stereocenters. The number of hydrogen-bond acceptors (Lipinski definition) is 4. The summed E-state index contributed by atoms with van der Waals surface area (Å²) in [6.07, 6.45) is 0. The number of primary amides is 1. The first-order chi connectivity index (χ1) is 14.7. The quantitative estimate of drug-likeness (QED) is 0.595. The van der Waals surface area contributed by atoms with Crippen LogP contribution in [0.4, 0.5) is 15.9 Å². The van der Waals surface area contributed by atoms with Crippen LogP contribution in [-0.4, -0.2) is 10.5 Å². The largest absolute Gasteiger partial charge is 0.456 e. The molecule has 1 heterocycles. The second kappa shape index (κ2) is 9.93. The number of amides is 1. The minimum Gasteiger partial charge on any atom is -0.456 e. The van der Waals surface area contributed by atoms with E-state index < -0.39 is 17.3 Å². The van der Waals surface area contributed by atoms with Gasteiger partial charge in [-0.1, -0.05) is 38.1 Å². The first kappa shape index (κ1) is 23.7. The Kier molecular flexibility index (Phi) is 7.58. The van der Waals surface area contributed by atoms with Crippen molar-refractivity contribution in [2.45, 2.75) is 34.6 Å². The normalized spacial score (nSPS) is 10.2. The van der Waals surface area contributed by atoms with Crippen molar-refractivity contribution in [2.75, 3.05) is 5.32 Å². The zero-order chi connectivity index (χ0) is 23.3. The molecule has 0 radical (unpaired) electrons. The SMILES string of the molecule is CC.Cc1ccc(Nc2c(C(N)=O)c(Oc3c(C)cccc3C)cc(=O)n2C)c(F)c1. The summed E-state index contributed by atoms with van der Waals surface area (Å²) in [4.78, 5) is 24.8. The third-order valence-electron chi connectivity index (χ3n) is 4.65. The summed E-state index contributed by atoms with van der Waals surface area (Å²) in [5.41, 5.74) is 7.64. The summed E-state index contributed by atoms with van der Waals surface area (Å²) in [5, 5.41) is 2.82. The van der Waals surface area contributed by atoms with Crippen molar-refractivity contribution in [3.63, 3.8) is 0 Å². The molecule has 0 aliphatic heterocycles. The lowest BCUT2D eigenvalue weighted by Crippen LogP contribution is -2.25. The molecule has 3 aromatic rings. The van der Waals surface area contributed by atoms with E-state index in [1.165, 1.54) is 29.8 Å². The van der Waals surface area contributed by atoms with E-state index in [1.54, 1.807) is 13.0 Å². The molecule has 3 rings (SSSR count). The Morgan fingerprint density at radius 2 is 1.68 bits per heavy atom. The van der Waals surface area contributed by atoms with Gasteiger partial charge in [-0.25, -0.2) is 4.39 Å². The van der Waals surface area contributed by atoms with Gasteiger partial charge in [-0.15, -0.1) is 0 Å². The Morgan fingerprint density at radius 3 is 2.23 bits per heavy atom. The molecular formula is C24H28FN3O3. The smallest absolute Gasteiger partial charge is 0.256 e. The zero-order valence-electron chi connectivity index (χ0n) is 18.7. The number of rotatable bonds is 5. The molecule has 31 heavy (non-hydrogen) atoms. The van der Waals surface area contributed by atoms with Gasteiger partial charge in [-0.05, 0) is 49.6 Å². The maximum Gasteiger partial charge on any atom is 0.256 e. The summed E-state index contributed by atoms with van der Waals surface area (Å²) in [6.45, 7) is 9.47. The minimum atomic E-state index is -0.808. The monoisotopic (exact) mass is 425 g/mol. The fourth-order valence-electron chi connectivity index (χ4n) is 3.06. The van der Waals surface area contributed by atoms with Gasteiger partial charge in [0.15, 0.2) is 0 Å². The molecule has 3 N–H and O–H groups in total. The molecule has 0 spiro atoms. The Morgan fingerprint density at radius 1 is 1.06 bits per heavy atom. The topological polar surface area (TPSA) is 86.3 Å². The van der Waals surface area contributed by atoms with Crippen molar-refractivity contribution in [3.8, 4) is 11.5 Å². The van der Waals surface area contributed by atoms with E-state index in [2.05, 4.69) is 5.32 Å². The number of nitrogens with zero attached hydrogens (tertiary/aromatic N) is 1. The van der Waals surface area contributed by atoms with Gasteiger partial charge in [0.25, 0.3) is 11.5 Å². The van der Waals surface area contributed by atoms with Gasteiger partial charge in [0, 0.05) is 13.1 Å². The van der Waals surface area contributed by atoms with Crippen molar-refractivity contribution >= 4 is 17.4 Å². The van der Waals surface area contributed by atoms with Crippen molar-refractivity contribution in [1.29, 1.82) is 0 Å². The maximum absolute atomic E-state index is 14.4. The fraction of sp³-hybridized carbons (Fsp3) is 0.250. The van der Waals surface area contributed by atoms with Gasteiger partial charge < -0.3 is 15.8 Å². The molecule has 6 nitrogen and oxygen atoms in total. The molecule has 7 heteroatoms. The van der Waals surface area contributed by atoms with E-state index >= 15 is 0 Å². The van der Waals surface area contributed by atoms with Gasteiger partial charge in [-0.2, -0.15) is 0 Å². The highest BCUT2D eigenvalue weighted by Gasteiger charge is 2.22. The first-order valence-corrected chi connectivity index (χ1v) is 10.00. The van der Waals surface area contributed by atoms with E-state index in [9.17, 15) is 14.0 Å². The Labute approximate surface area is 181 Å². The molecular weight excluding hydrogens is 397 g/mol. The number of pyridine rings is 1. The van der Waals surface area contributed by atoms with Gasteiger partial charge in [0.1, 0.15) is 28.7 Å². The Bertz CT molecular complexity index is 1150. The number of halogens is 1. The van der Waals surface area contributed by atoms with Crippen LogP contribution >= 0.6 is 0 Å². The van der Waals surface area contributed by atoms with Crippen LogP contribution in [0.5, 0.6) is 11.5 Å². The first-order valence-electron chi connectivity index (χ1n) is 10.00. The standard InChI is InChI=1S/C22H22FN3O3.C2H6/c1-12-8-9-16(15(23)10-12)25-22-19(21(24)28)17(11-18(27)26(22)4)29-20-13(2)6-5-7-14(20)3;1-2/h5-11,25H,1-4H3,(H2,24,28);1-2H3. The lowest BCUT2D eigenvalue weighted by Gasteiger charge is -2.19. The summed E-state index contributed by atoms with van der Waals surface area (Å²) >= 11 is 0. The number of aryl methyl sites for hydroxylation is 3. The lowest BCUT2D eigenvalue weighted by molar-refractivity contribution is 0.0998. The molecule has 0 aliphatic rings. The maximum atomic E-state index is 14.4. The number of carbonyl (C=O) groups is 1. The van der Waals surface area contributed by atoms with E-state index in [-0.39, 0.29) is 22.8 Å². The van der Waals surface area contributed by atoms with E-state index in [0.29, 0.717) is 5.75 Å². The summed E-state index contributed by atoms with van der Waals surface area (Å²) in [7, 11) is 1.46. The molecule has 0 fully saturated rings. The van der Waals surface area contributed by atoms with Crippen LogP contribution in [0.3, 0.4) is 0 Å². The molecule has 0 bridgehead atoms. The predicted molar refractivity (Wildman–Crippen MR) is 122 cm³/mol. The van der Waals surface area contributed by atoms with Crippen LogP contribution in [0.2, 0.25) is 0 Å². The highest BCUT2D eigenvalue weighted by atomic mass is 19.1. The average Bonchev–Trinajstić information content (AvgIpc) is 2.71. The second-order valence-electron chi connectivity index (χ2n) is 6.92. The molecule has 1 amide bonds. The number of anilines is 2. The van der Waals surface area contributed by atoms with Gasteiger partial charge >= 0.3 is 0 Å². The van der Waals surface area contributed by atoms with E-state index in [1.807, 2.05) is 45.9 Å². The fourth-order valence-corrected chi connectivity index (χ4v) is 3.06. The van der Waals surface area contributed by atoms with Crippen LogP contribution < -0.4 is 21.3 Å². The summed E-state index contributed by atoms with van der Waals surface area (Å²) < 4.78 is 21.5. The number of aromatic nitrogens is 1. The zero-order valence-corrected chi connectivity index (χ0v) is 18.7. The van der Waals surface area contributed by atoms with Crippen molar-refractivity contribution in [2.24, 2.45) is 12.8 Å². The molecule has 2 aromatic carbocycles. The van der Waals surface area contributed by atoms with Crippen molar-refractivity contribution in [1.82, 2.24) is 4.57 Å². The van der Waals surface area contributed by atoms with Crippen molar-refractivity contribution < 1.29 is 13.9 Å². The molecule has 0 aliphatic carbocycles.